The van der Waals surface area contributed by atoms with E-state index in [1.165, 1.54) is 11.8 Å². The van der Waals surface area contributed by atoms with Gasteiger partial charge in [0.2, 0.25) is 0 Å². The van der Waals surface area contributed by atoms with Gasteiger partial charge in [-0.15, -0.1) is 0 Å². The molecule has 0 saturated carbocycles. The lowest BCUT2D eigenvalue weighted by molar-refractivity contribution is 0.472. The maximum absolute atomic E-state index is 12.0. The summed E-state index contributed by atoms with van der Waals surface area (Å²) in [5.41, 5.74) is 0.902. The Morgan fingerprint density at radius 2 is 2.14 bits per heavy atom. The van der Waals surface area contributed by atoms with Crippen molar-refractivity contribution in [3.63, 3.8) is 0 Å². The van der Waals surface area contributed by atoms with Crippen molar-refractivity contribution >= 4 is 23.4 Å². The Morgan fingerprint density at radius 1 is 1.48 bits per heavy atom. The average Bonchev–Trinajstić information content (AvgIpc) is 2.45. The minimum atomic E-state index is -0.539. The number of phenolic OH excluding ortho intramolecular Hbond substituents is 1. The van der Waals surface area contributed by atoms with Crippen molar-refractivity contribution < 1.29 is 5.11 Å². The second-order valence-corrected chi connectivity index (χ2v) is 5.64. The number of nitriles is 1. The summed E-state index contributed by atoms with van der Waals surface area (Å²) in [5.74, 6) is -0.0291. The zero-order chi connectivity index (χ0) is 15.7. The first-order valence-corrected chi connectivity index (χ1v) is 7.58. The molecule has 0 amide bonds. The number of rotatable bonds is 2. The number of thioether (sulfide) groups is 1. The first kappa shape index (κ1) is 15.4. The highest BCUT2D eigenvalue weighted by atomic mass is 35.5. The molecule has 21 heavy (non-hydrogen) atoms. The number of aryl methyl sites for hydroxylation is 1. The fourth-order valence-corrected chi connectivity index (χ4v) is 2.62. The minimum absolute atomic E-state index is 0.0291. The van der Waals surface area contributed by atoms with Crippen LogP contribution < -0.4 is 5.56 Å². The molecular formula is C14H12ClN3O2S. The van der Waals surface area contributed by atoms with Gasteiger partial charge in [0, 0.05) is 10.6 Å². The normalized spacial score (nSPS) is 10.4. The highest BCUT2D eigenvalue weighted by Crippen LogP contribution is 2.38. The monoisotopic (exact) mass is 321 g/mol. The largest absolute Gasteiger partial charge is 0.507 e. The molecule has 1 aromatic heterocycles. The van der Waals surface area contributed by atoms with Crippen molar-refractivity contribution in [3.05, 3.63) is 38.1 Å². The van der Waals surface area contributed by atoms with E-state index in [0.29, 0.717) is 26.9 Å². The molecule has 0 spiro atoms. The second-order valence-electron chi connectivity index (χ2n) is 4.43. The van der Waals surface area contributed by atoms with Gasteiger partial charge in [-0.3, -0.25) is 4.79 Å². The third kappa shape index (κ3) is 2.62. The van der Waals surface area contributed by atoms with Crippen molar-refractivity contribution in [3.8, 4) is 23.1 Å². The van der Waals surface area contributed by atoms with E-state index in [1.807, 2.05) is 6.07 Å². The van der Waals surface area contributed by atoms with Crippen molar-refractivity contribution in [1.29, 1.82) is 5.26 Å². The molecular weight excluding hydrogens is 310 g/mol. The number of hydrogen-bond donors (Lipinski definition) is 2. The van der Waals surface area contributed by atoms with Crippen LogP contribution in [0.1, 0.15) is 16.7 Å². The van der Waals surface area contributed by atoms with Crippen molar-refractivity contribution in [1.82, 2.24) is 9.97 Å². The van der Waals surface area contributed by atoms with Gasteiger partial charge in [0.1, 0.15) is 23.1 Å². The lowest BCUT2D eigenvalue weighted by atomic mass is 9.98. The summed E-state index contributed by atoms with van der Waals surface area (Å²) >= 11 is 7.38. The molecule has 2 aromatic rings. The summed E-state index contributed by atoms with van der Waals surface area (Å²) in [4.78, 5) is 18.7. The van der Waals surface area contributed by atoms with Gasteiger partial charge in [-0.1, -0.05) is 23.4 Å². The van der Waals surface area contributed by atoms with Crippen molar-refractivity contribution in [2.45, 2.75) is 19.0 Å². The molecule has 0 atom stereocenters. The number of nitrogens with zero attached hydrogens (tertiary/aromatic N) is 2. The maximum Gasteiger partial charge on any atom is 0.270 e. The molecule has 0 bridgehead atoms. The fourth-order valence-electron chi connectivity index (χ4n) is 1.98. The number of benzene rings is 1. The minimum Gasteiger partial charge on any atom is -0.507 e. The predicted octanol–water partition coefficient (Wildman–Crippen LogP) is 3.01. The van der Waals surface area contributed by atoms with Crippen LogP contribution in [0, 0.1) is 25.2 Å². The van der Waals surface area contributed by atoms with Gasteiger partial charge < -0.3 is 10.1 Å². The summed E-state index contributed by atoms with van der Waals surface area (Å²) in [5, 5.41) is 20.3. The Labute approximate surface area is 130 Å². The van der Waals surface area contributed by atoms with E-state index < -0.39 is 5.56 Å². The molecule has 108 valence electrons. The smallest absolute Gasteiger partial charge is 0.270 e. The molecule has 2 rings (SSSR count). The molecule has 5 nitrogen and oxygen atoms in total. The molecule has 0 aliphatic heterocycles. The van der Waals surface area contributed by atoms with Crippen LogP contribution in [-0.2, 0) is 0 Å². The van der Waals surface area contributed by atoms with Crippen LogP contribution in [0.3, 0.4) is 0 Å². The number of aromatic nitrogens is 2. The molecule has 0 radical (unpaired) electrons. The standard InChI is InChI=1S/C14H12ClN3O2S/c1-6-4-9(15)7(2)10(12(6)19)11-8(5-16)13(20)18-14(17-11)21-3/h4,19H,1-3H3,(H,17,18,20). The summed E-state index contributed by atoms with van der Waals surface area (Å²) in [6.07, 6.45) is 1.75. The number of aromatic amines is 1. The zero-order valence-electron chi connectivity index (χ0n) is 11.6. The van der Waals surface area contributed by atoms with Crippen LogP contribution in [0.5, 0.6) is 5.75 Å². The first-order valence-electron chi connectivity index (χ1n) is 5.98. The molecule has 0 unspecified atom stereocenters. The number of H-pyrrole nitrogens is 1. The van der Waals surface area contributed by atoms with Gasteiger partial charge in [-0.2, -0.15) is 5.26 Å². The summed E-state index contributed by atoms with van der Waals surface area (Å²) < 4.78 is 0. The SMILES string of the molecule is CSc1nc(-c2c(C)c(Cl)cc(C)c2O)c(C#N)c(=O)[nH]1. The van der Waals surface area contributed by atoms with Crippen molar-refractivity contribution in [2.75, 3.05) is 6.26 Å². The average molecular weight is 322 g/mol. The fraction of sp³-hybridized carbons (Fsp3) is 0.214. The van der Waals surface area contributed by atoms with E-state index in [2.05, 4.69) is 9.97 Å². The highest BCUT2D eigenvalue weighted by Gasteiger charge is 2.21. The van der Waals surface area contributed by atoms with E-state index in [1.54, 1.807) is 26.2 Å². The van der Waals surface area contributed by atoms with E-state index in [-0.39, 0.29) is 17.0 Å². The third-order valence-corrected chi connectivity index (χ3v) is 4.10. The second kappa shape index (κ2) is 5.80. The van der Waals surface area contributed by atoms with Crippen LogP contribution in [-0.4, -0.2) is 21.3 Å². The molecule has 2 N–H and O–H groups in total. The molecule has 7 heteroatoms. The Kier molecular flexibility index (Phi) is 4.26. The van der Waals surface area contributed by atoms with Gasteiger partial charge >= 0.3 is 0 Å². The summed E-state index contributed by atoms with van der Waals surface area (Å²) in [6, 6.07) is 3.47. The third-order valence-electron chi connectivity index (χ3n) is 3.13. The Bertz CT molecular complexity index is 798. The Morgan fingerprint density at radius 3 is 2.71 bits per heavy atom. The number of aromatic hydroxyl groups is 1. The number of phenols is 1. The van der Waals surface area contributed by atoms with E-state index in [0.717, 1.165) is 0 Å². The highest BCUT2D eigenvalue weighted by molar-refractivity contribution is 7.98. The predicted molar refractivity (Wildman–Crippen MR) is 82.9 cm³/mol. The van der Waals surface area contributed by atoms with Gasteiger partial charge in [0.05, 0.1) is 0 Å². The number of nitrogens with one attached hydrogen (secondary N) is 1. The lowest BCUT2D eigenvalue weighted by Crippen LogP contribution is -2.15. The maximum atomic E-state index is 12.0. The molecule has 1 heterocycles. The van der Waals surface area contributed by atoms with Gasteiger partial charge in [0.15, 0.2) is 5.16 Å². The van der Waals surface area contributed by atoms with E-state index >= 15 is 0 Å². The van der Waals surface area contributed by atoms with Gasteiger partial charge in [0.25, 0.3) is 5.56 Å². The topological polar surface area (TPSA) is 89.8 Å². The zero-order valence-corrected chi connectivity index (χ0v) is 13.2. The quantitative estimate of drug-likeness (QED) is 0.655. The van der Waals surface area contributed by atoms with Gasteiger partial charge in [-0.25, -0.2) is 4.98 Å². The molecule has 1 aromatic carbocycles. The molecule has 0 aliphatic carbocycles. The summed E-state index contributed by atoms with van der Waals surface area (Å²) in [6.45, 7) is 3.40. The summed E-state index contributed by atoms with van der Waals surface area (Å²) in [7, 11) is 0. The first-order chi connectivity index (χ1) is 9.90. The van der Waals surface area contributed by atoms with E-state index in [4.69, 9.17) is 11.6 Å². The number of halogens is 1. The van der Waals surface area contributed by atoms with Gasteiger partial charge in [-0.05, 0) is 37.3 Å². The van der Waals surface area contributed by atoms with Crippen LogP contribution >= 0.6 is 23.4 Å². The van der Waals surface area contributed by atoms with Crippen molar-refractivity contribution in [2.24, 2.45) is 0 Å². The molecule has 0 aliphatic rings. The number of hydrogen-bond acceptors (Lipinski definition) is 5. The Balaban J connectivity index is 2.95. The van der Waals surface area contributed by atoms with Crippen LogP contribution in [0.15, 0.2) is 16.0 Å². The van der Waals surface area contributed by atoms with Crippen LogP contribution in [0.2, 0.25) is 5.02 Å². The molecule has 0 fully saturated rings. The van der Waals surface area contributed by atoms with Crippen LogP contribution in [0.25, 0.3) is 11.3 Å². The van der Waals surface area contributed by atoms with E-state index in [9.17, 15) is 15.2 Å². The molecule has 0 saturated heterocycles. The lowest BCUT2D eigenvalue weighted by Gasteiger charge is -2.13. The Hall–Kier alpha value is -1.97. The van der Waals surface area contributed by atoms with Crippen LogP contribution in [0.4, 0.5) is 0 Å².